The van der Waals surface area contributed by atoms with E-state index >= 15 is 0 Å². The number of nitrogens with one attached hydrogen (secondary N) is 2. The molecule has 0 aliphatic heterocycles. The van der Waals surface area contributed by atoms with Crippen molar-refractivity contribution in [3.63, 3.8) is 0 Å². The van der Waals surface area contributed by atoms with Crippen LogP contribution in [0.4, 0.5) is 23.1 Å². The summed E-state index contributed by atoms with van der Waals surface area (Å²) in [4.78, 5) is 34.3. The zero-order valence-corrected chi connectivity index (χ0v) is 21.8. The lowest BCUT2D eigenvalue weighted by atomic mass is 10.3. The van der Waals surface area contributed by atoms with E-state index in [0.29, 0.717) is 46.3 Å². The highest BCUT2D eigenvalue weighted by Crippen LogP contribution is 2.35. The molecule has 0 fully saturated rings. The molecule has 192 valence electrons. The van der Waals surface area contributed by atoms with Gasteiger partial charge in [-0.3, -0.25) is 9.20 Å². The number of pyridine rings is 2. The minimum atomic E-state index is -0.360. The number of hydrogen-bond acceptors (Lipinski definition) is 9. The first-order valence-electron chi connectivity index (χ1n) is 11.4. The highest BCUT2D eigenvalue weighted by molar-refractivity contribution is 6.32. The van der Waals surface area contributed by atoms with Crippen molar-refractivity contribution in [1.29, 1.82) is 0 Å². The minimum Gasteiger partial charge on any atom is -0.479 e. The number of ether oxygens (including phenoxy) is 1. The third-order valence-corrected chi connectivity index (χ3v) is 5.76. The number of halogens is 1. The van der Waals surface area contributed by atoms with Crippen LogP contribution in [0.3, 0.4) is 0 Å². The Hall–Kier alpha value is -4.22. The molecule has 0 aromatic carbocycles. The maximum Gasteiger partial charge on any atom is 0.247 e. The molecule has 0 bridgehead atoms. The summed E-state index contributed by atoms with van der Waals surface area (Å²) in [6, 6.07) is 9.14. The number of methoxy groups -OCH3 is 1. The summed E-state index contributed by atoms with van der Waals surface area (Å²) in [6.45, 7) is 5.02. The molecule has 2 N–H and O–H groups in total. The Balaban J connectivity index is 1.71. The van der Waals surface area contributed by atoms with Crippen LogP contribution < -0.4 is 20.3 Å². The van der Waals surface area contributed by atoms with Crippen molar-refractivity contribution in [2.45, 2.75) is 0 Å². The van der Waals surface area contributed by atoms with Crippen molar-refractivity contribution in [3.8, 4) is 17.4 Å². The van der Waals surface area contributed by atoms with Crippen LogP contribution in [0.2, 0.25) is 5.15 Å². The van der Waals surface area contributed by atoms with E-state index in [2.05, 4.69) is 42.0 Å². The van der Waals surface area contributed by atoms with Gasteiger partial charge < -0.3 is 25.2 Å². The molecule has 0 saturated heterocycles. The topological polar surface area (TPSA) is 113 Å². The van der Waals surface area contributed by atoms with Crippen molar-refractivity contribution in [2.24, 2.45) is 0 Å². The summed E-state index contributed by atoms with van der Waals surface area (Å²) >= 11 is 6.32. The number of fused-ring (bicyclic) bond motifs is 1. The normalized spacial score (nSPS) is 11.0. The van der Waals surface area contributed by atoms with Crippen molar-refractivity contribution in [2.75, 3.05) is 56.9 Å². The maximum atomic E-state index is 12.2. The lowest BCUT2D eigenvalue weighted by Crippen LogP contribution is -2.30. The molecule has 4 aromatic rings. The molecule has 0 aliphatic carbocycles. The second-order valence-corrected chi connectivity index (χ2v) is 8.77. The van der Waals surface area contributed by atoms with Crippen LogP contribution in [0.5, 0.6) is 5.88 Å². The van der Waals surface area contributed by atoms with Crippen molar-refractivity contribution >= 4 is 46.2 Å². The van der Waals surface area contributed by atoms with E-state index in [0.717, 1.165) is 12.1 Å². The predicted octanol–water partition coefficient (Wildman–Crippen LogP) is 3.71. The van der Waals surface area contributed by atoms with Gasteiger partial charge in [0.05, 0.1) is 18.3 Å². The first kappa shape index (κ1) is 25.9. The second-order valence-electron chi connectivity index (χ2n) is 8.41. The zero-order chi connectivity index (χ0) is 26.5. The molecule has 37 heavy (non-hydrogen) atoms. The van der Waals surface area contributed by atoms with Gasteiger partial charge in [-0.1, -0.05) is 24.2 Å². The monoisotopic (exact) mass is 521 g/mol. The van der Waals surface area contributed by atoms with Crippen LogP contribution in [-0.4, -0.2) is 76.5 Å². The fourth-order valence-electron chi connectivity index (χ4n) is 3.60. The minimum absolute atomic E-state index is 0.288. The quantitative estimate of drug-likeness (QED) is 0.301. The van der Waals surface area contributed by atoms with Gasteiger partial charge in [0.25, 0.3) is 0 Å². The number of carbonyl (C=O) groups excluding carboxylic acids is 1. The van der Waals surface area contributed by atoms with Gasteiger partial charge in [-0.25, -0.2) is 15.0 Å². The van der Waals surface area contributed by atoms with E-state index in [1.54, 1.807) is 18.3 Å². The molecule has 4 rings (SSSR count). The smallest absolute Gasteiger partial charge is 0.247 e. The summed E-state index contributed by atoms with van der Waals surface area (Å²) in [6.07, 6.45) is 4.69. The SMILES string of the molecule is C=CC(=O)Nc1cc(Nc2nccc(-c3nc(Cl)c4ccccn34)n2)c(OC)nc1N(C)CCN(C)C. The Bertz CT molecular complexity index is 1440. The molecule has 12 heteroatoms. The summed E-state index contributed by atoms with van der Waals surface area (Å²) < 4.78 is 7.42. The standard InChI is InChI=1S/C25H28ClN9O2/c1-6-20(36)28-17-15-18(24(37-5)32-22(17)34(4)14-13-33(2)3)30-25-27-11-10-16(29-25)23-31-21(26)19-9-7-8-12-35(19)23/h6-12,15H,1,13-14H2,2-5H3,(H,28,36)(H,27,29,30). The maximum absolute atomic E-state index is 12.2. The fourth-order valence-corrected chi connectivity index (χ4v) is 3.83. The number of amides is 1. The van der Waals surface area contributed by atoms with E-state index in [1.165, 1.54) is 13.2 Å². The molecule has 0 saturated carbocycles. The number of rotatable bonds is 10. The van der Waals surface area contributed by atoms with Crippen molar-refractivity contribution in [1.82, 2.24) is 29.2 Å². The Labute approximate surface area is 219 Å². The summed E-state index contributed by atoms with van der Waals surface area (Å²) in [5.41, 5.74) is 2.29. The number of hydrogen-bond donors (Lipinski definition) is 2. The Kier molecular flexibility index (Phi) is 7.85. The molecule has 11 nitrogen and oxygen atoms in total. The highest BCUT2D eigenvalue weighted by atomic mass is 35.5. The number of aromatic nitrogens is 5. The van der Waals surface area contributed by atoms with Crippen LogP contribution in [0, 0.1) is 0 Å². The number of carbonyl (C=O) groups is 1. The van der Waals surface area contributed by atoms with Gasteiger partial charge >= 0.3 is 0 Å². The zero-order valence-electron chi connectivity index (χ0n) is 21.1. The lowest BCUT2D eigenvalue weighted by molar-refractivity contribution is -0.111. The third kappa shape index (κ3) is 5.79. The predicted molar refractivity (Wildman–Crippen MR) is 146 cm³/mol. The van der Waals surface area contributed by atoms with Crippen LogP contribution in [0.1, 0.15) is 0 Å². The van der Waals surface area contributed by atoms with Gasteiger partial charge in [0, 0.05) is 32.5 Å². The van der Waals surface area contributed by atoms with E-state index in [1.807, 2.05) is 54.8 Å². The number of likely N-dealkylation sites (N-methyl/N-ethyl adjacent to an activating group) is 2. The van der Waals surface area contributed by atoms with E-state index < -0.39 is 0 Å². The van der Waals surface area contributed by atoms with Gasteiger partial charge in [0.1, 0.15) is 11.4 Å². The Morgan fingerprint density at radius 3 is 2.70 bits per heavy atom. The number of imidazole rings is 1. The van der Waals surface area contributed by atoms with E-state index in [9.17, 15) is 4.79 Å². The van der Waals surface area contributed by atoms with E-state index in [-0.39, 0.29) is 11.9 Å². The lowest BCUT2D eigenvalue weighted by Gasteiger charge is -2.24. The third-order valence-electron chi connectivity index (χ3n) is 5.48. The van der Waals surface area contributed by atoms with Crippen LogP contribution in [0.25, 0.3) is 17.0 Å². The Morgan fingerprint density at radius 1 is 1.16 bits per heavy atom. The average Bonchev–Trinajstić information content (AvgIpc) is 3.24. The molecule has 1 amide bonds. The molecule has 0 radical (unpaired) electrons. The van der Waals surface area contributed by atoms with Gasteiger partial charge in [0.2, 0.25) is 17.7 Å². The fraction of sp³-hybridized carbons (Fsp3) is 0.240. The molecule has 0 unspecified atom stereocenters. The van der Waals surface area contributed by atoms with Crippen molar-refractivity contribution in [3.05, 3.63) is 60.5 Å². The van der Waals surface area contributed by atoms with E-state index in [4.69, 9.17) is 16.3 Å². The molecule has 4 aromatic heterocycles. The van der Waals surface area contributed by atoms with Gasteiger partial charge in [0.15, 0.2) is 16.8 Å². The van der Waals surface area contributed by atoms with Crippen LogP contribution in [-0.2, 0) is 4.79 Å². The Morgan fingerprint density at radius 2 is 1.97 bits per heavy atom. The second kappa shape index (κ2) is 11.2. The highest BCUT2D eigenvalue weighted by Gasteiger charge is 2.19. The first-order chi connectivity index (χ1) is 17.8. The molecule has 0 atom stereocenters. The average molecular weight is 522 g/mol. The number of nitrogens with zero attached hydrogens (tertiary/aromatic N) is 7. The molecular formula is C25H28ClN9O2. The largest absolute Gasteiger partial charge is 0.479 e. The summed E-state index contributed by atoms with van der Waals surface area (Å²) in [5.74, 6) is 1.37. The molecule has 4 heterocycles. The van der Waals surface area contributed by atoms with Crippen LogP contribution >= 0.6 is 11.6 Å². The van der Waals surface area contributed by atoms with Gasteiger partial charge in [-0.2, -0.15) is 4.98 Å². The van der Waals surface area contributed by atoms with Gasteiger partial charge in [-0.05, 0) is 44.4 Å². The number of anilines is 4. The van der Waals surface area contributed by atoms with Gasteiger partial charge in [-0.15, -0.1) is 0 Å². The summed E-state index contributed by atoms with van der Waals surface area (Å²) in [7, 11) is 7.40. The summed E-state index contributed by atoms with van der Waals surface area (Å²) in [5, 5.41) is 6.36. The van der Waals surface area contributed by atoms with Crippen molar-refractivity contribution < 1.29 is 9.53 Å². The molecule has 0 spiro atoms. The van der Waals surface area contributed by atoms with Crippen LogP contribution in [0.15, 0.2) is 55.4 Å². The molecular weight excluding hydrogens is 494 g/mol. The first-order valence-corrected chi connectivity index (χ1v) is 11.8. The molecule has 0 aliphatic rings.